The van der Waals surface area contributed by atoms with E-state index in [2.05, 4.69) is 5.32 Å². The molecule has 0 amide bonds. The van der Waals surface area contributed by atoms with Crippen LogP contribution in [0.2, 0.25) is 0 Å². The van der Waals surface area contributed by atoms with Crippen molar-refractivity contribution in [1.82, 2.24) is 5.32 Å². The second-order valence-electron chi connectivity index (χ2n) is 2.54. The minimum absolute atomic E-state index is 0.123. The Morgan fingerprint density at radius 3 is 2.36 bits per heavy atom. The van der Waals surface area contributed by atoms with Gasteiger partial charge in [0.1, 0.15) is 0 Å². The van der Waals surface area contributed by atoms with Crippen LogP contribution in [0, 0.1) is 23.2 Å². The number of hydrogen-bond donors (Lipinski definition) is 1. The average molecular weight is 164 g/mol. The first-order chi connectivity index (χ1) is 5.05. The molecule has 0 saturated carbocycles. The van der Waals surface area contributed by atoms with E-state index in [-0.39, 0.29) is 13.1 Å². The van der Waals surface area contributed by atoms with Gasteiger partial charge in [0.2, 0.25) is 0 Å². The van der Waals surface area contributed by atoms with Crippen LogP contribution in [0.15, 0.2) is 0 Å². The van der Waals surface area contributed by atoms with Gasteiger partial charge in [-0.2, -0.15) is 18.4 Å². The smallest absolute Gasteiger partial charge is 0.315 e. The Morgan fingerprint density at radius 2 is 2.00 bits per heavy atom. The Labute approximate surface area is 62.0 Å². The van der Waals surface area contributed by atoms with Crippen molar-refractivity contribution in [2.45, 2.75) is 6.18 Å². The largest absolute Gasteiger partial charge is 0.394 e. The van der Waals surface area contributed by atoms with Gasteiger partial charge in [-0.05, 0) is 0 Å². The molecule has 11 heavy (non-hydrogen) atoms. The van der Waals surface area contributed by atoms with Gasteiger partial charge in [-0.25, -0.2) is 0 Å². The SMILES string of the molecule is N#C[C@@H]1CNC[C@@H]1C(F)(F)F. The van der Waals surface area contributed by atoms with Crippen molar-refractivity contribution in [3.63, 3.8) is 0 Å². The Hall–Kier alpha value is -0.760. The summed E-state index contributed by atoms with van der Waals surface area (Å²) in [6.45, 7) is 0.0302. The van der Waals surface area contributed by atoms with Crippen molar-refractivity contribution in [1.29, 1.82) is 5.26 Å². The van der Waals surface area contributed by atoms with Crippen molar-refractivity contribution in [3.8, 4) is 6.07 Å². The molecule has 62 valence electrons. The number of hydrogen-bond acceptors (Lipinski definition) is 2. The second kappa shape index (κ2) is 2.70. The van der Waals surface area contributed by atoms with Crippen LogP contribution in [0.4, 0.5) is 13.2 Å². The lowest BCUT2D eigenvalue weighted by Gasteiger charge is -2.15. The highest BCUT2D eigenvalue weighted by molar-refractivity contribution is 4.97. The maximum Gasteiger partial charge on any atom is 0.394 e. The van der Waals surface area contributed by atoms with Crippen molar-refractivity contribution in [2.75, 3.05) is 13.1 Å². The lowest BCUT2D eigenvalue weighted by Crippen LogP contribution is -2.29. The zero-order valence-corrected chi connectivity index (χ0v) is 5.65. The Balaban J connectivity index is 2.66. The highest BCUT2D eigenvalue weighted by Gasteiger charge is 2.47. The highest BCUT2D eigenvalue weighted by Crippen LogP contribution is 2.33. The van der Waals surface area contributed by atoms with Gasteiger partial charge in [0.25, 0.3) is 0 Å². The predicted octanol–water partition coefficient (Wildman–Crippen LogP) is 0.908. The van der Waals surface area contributed by atoms with Gasteiger partial charge in [-0.15, -0.1) is 0 Å². The summed E-state index contributed by atoms with van der Waals surface area (Å²) in [5, 5.41) is 10.8. The predicted molar refractivity (Wildman–Crippen MR) is 31.5 cm³/mol. The number of halogens is 3. The number of alkyl halides is 3. The maximum absolute atomic E-state index is 12.0. The summed E-state index contributed by atoms with van der Waals surface area (Å²) >= 11 is 0. The van der Waals surface area contributed by atoms with Crippen LogP contribution >= 0.6 is 0 Å². The normalized spacial score (nSPS) is 31.8. The Bertz CT molecular complexity index is 181. The molecule has 0 aliphatic carbocycles. The number of nitrogens with zero attached hydrogens (tertiary/aromatic N) is 1. The van der Waals surface area contributed by atoms with E-state index in [0.717, 1.165) is 0 Å². The van der Waals surface area contributed by atoms with E-state index in [9.17, 15) is 13.2 Å². The molecule has 1 aliphatic rings. The third-order valence-electron chi connectivity index (χ3n) is 1.80. The third-order valence-corrected chi connectivity index (χ3v) is 1.80. The monoisotopic (exact) mass is 164 g/mol. The number of rotatable bonds is 0. The van der Waals surface area contributed by atoms with Gasteiger partial charge in [-0.3, -0.25) is 0 Å². The molecule has 2 atom stereocenters. The van der Waals surface area contributed by atoms with E-state index in [1.54, 1.807) is 6.07 Å². The molecule has 0 radical (unpaired) electrons. The van der Waals surface area contributed by atoms with Gasteiger partial charge in [0, 0.05) is 13.1 Å². The first kappa shape index (κ1) is 8.34. The summed E-state index contributed by atoms with van der Waals surface area (Å²) in [5.41, 5.74) is 0. The van der Waals surface area contributed by atoms with E-state index in [1.807, 2.05) is 0 Å². The molecule has 2 nitrogen and oxygen atoms in total. The summed E-state index contributed by atoms with van der Waals surface area (Å²) < 4.78 is 36.0. The summed E-state index contributed by atoms with van der Waals surface area (Å²) in [4.78, 5) is 0. The molecule has 1 heterocycles. The van der Waals surface area contributed by atoms with E-state index >= 15 is 0 Å². The summed E-state index contributed by atoms with van der Waals surface area (Å²) in [5.74, 6) is -2.39. The van der Waals surface area contributed by atoms with E-state index in [1.165, 1.54) is 0 Å². The third kappa shape index (κ3) is 1.63. The summed E-state index contributed by atoms with van der Waals surface area (Å²) in [6.07, 6.45) is -4.23. The average Bonchev–Trinajstić information content (AvgIpc) is 2.31. The molecule has 0 aromatic carbocycles. The van der Waals surface area contributed by atoms with Crippen LogP contribution < -0.4 is 5.32 Å². The van der Waals surface area contributed by atoms with Gasteiger partial charge in [-0.1, -0.05) is 0 Å². The van der Waals surface area contributed by atoms with E-state index in [0.29, 0.717) is 0 Å². The number of nitriles is 1. The molecule has 1 aliphatic heterocycles. The van der Waals surface area contributed by atoms with Gasteiger partial charge >= 0.3 is 6.18 Å². The molecule has 0 bridgehead atoms. The zero-order chi connectivity index (χ0) is 8.48. The Kier molecular flexibility index (Phi) is 2.05. The summed E-state index contributed by atoms with van der Waals surface area (Å²) in [7, 11) is 0. The zero-order valence-electron chi connectivity index (χ0n) is 5.65. The van der Waals surface area contributed by atoms with Crippen LogP contribution in [-0.2, 0) is 0 Å². The lowest BCUT2D eigenvalue weighted by atomic mass is 9.97. The molecule has 5 heteroatoms. The molecule has 1 saturated heterocycles. The topological polar surface area (TPSA) is 35.8 Å². The van der Waals surface area contributed by atoms with Gasteiger partial charge < -0.3 is 5.32 Å². The lowest BCUT2D eigenvalue weighted by molar-refractivity contribution is -0.174. The van der Waals surface area contributed by atoms with Crippen molar-refractivity contribution in [3.05, 3.63) is 0 Å². The fraction of sp³-hybridized carbons (Fsp3) is 0.833. The van der Waals surface area contributed by atoms with Gasteiger partial charge in [0.15, 0.2) is 0 Å². The molecule has 0 spiro atoms. The maximum atomic E-state index is 12.0. The fourth-order valence-electron chi connectivity index (χ4n) is 1.16. The first-order valence-corrected chi connectivity index (χ1v) is 3.22. The molecule has 1 rings (SSSR count). The fourth-order valence-corrected chi connectivity index (χ4v) is 1.16. The van der Waals surface area contributed by atoms with Gasteiger partial charge in [0.05, 0.1) is 17.9 Å². The molecular weight excluding hydrogens is 157 g/mol. The van der Waals surface area contributed by atoms with Crippen LogP contribution in [0.25, 0.3) is 0 Å². The van der Waals surface area contributed by atoms with E-state index in [4.69, 9.17) is 5.26 Å². The standard InChI is InChI=1S/C6H7F3N2/c7-6(8,9)5-3-11-2-4(5)1-10/h4-5,11H,2-3H2/t4-,5+/m1/s1. The Morgan fingerprint density at radius 1 is 1.36 bits per heavy atom. The highest BCUT2D eigenvalue weighted by atomic mass is 19.4. The second-order valence-corrected chi connectivity index (χ2v) is 2.54. The van der Waals surface area contributed by atoms with E-state index < -0.39 is 18.0 Å². The molecule has 1 fully saturated rings. The number of nitrogens with one attached hydrogen (secondary N) is 1. The molecule has 0 unspecified atom stereocenters. The quantitative estimate of drug-likeness (QED) is 0.577. The molecule has 0 aromatic heterocycles. The summed E-state index contributed by atoms with van der Waals surface area (Å²) in [6, 6.07) is 1.64. The molecular formula is C6H7F3N2. The minimum atomic E-state index is -4.23. The first-order valence-electron chi connectivity index (χ1n) is 3.22. The van der Waals surface area contributed by atoms with Crippen molar-refractivity contribution in [2.24, 2.45) is 11.8 Å². The minimum Gasteiger partial charge on any atom is -0.315 e. The molecule has 1 N–H and O–H groups in total. The van der Waals surface area contributed by atoms with Crippen LogP contribution in [0.1, 0.15) is 0 Å². The molecule has 0 aromatic rings. The van der Waals surface area contributed by atoms with Crippen molar-refractivity contribution >= 4 is 0 Å². The van der Waals surface area contributed by atoms with Crippen LogP contribution in [0.5, 0.6) is 0 Å². The van der Waals surface area contributed by atoms with Crippen molar-refractivity contribution < 1.29 is 13.2 Å². The van der Waals surface area contributed by atoms with Crippen LogP contribution in [-0.4, -0.2) is 19.3 Å². The van der Waals surface area contributed by atoms with Crippen LogP contribution in [0.3, 0.4) is 0 Å².